The Morgan fingerprint density at radius 2 is 1.73 bits per heavy atom. The lowest BCUT2D eigenvalue weighted by atomic mass is 9.67. The first-order chi connectivity index (χ1) is 21.6. The molecule has 3 aliphatic rings. The van der Waals surface area contributed by atoms with Crippen LogP contribution in [0.25, 0.3) is 5.57 Å². The van der Waals surface area contributed by atoms with Crippen LogP contribution >= 0.6 is 0 Å². The number of aliphatic hydroxyl groups excluding tert-OH is 2. The molecule has 1 aliphatic carbocycles. The number of aliphatic hydroxyl groups is 2. The van der Waals surface area contributed by atoms with Crippen molar-refractivity contribution in [1.29, 1.82) is 0 Å². The van der Waals surface area contributed by atoms with Gasteiger partial charge in [-0.1, -0.05) is 32.0 Å². The minimum atomic E-state index is -0.935. The van der Waals surface area contributed by atoms with Crippen molar-refractivity contribution in [1.82, 2.24) is 9.48 Å². The number of β-amino-alcohol motifs (C(OH)–C–C–N with tert-alkyl or cyclic N) is 2. The van der Waals surface area contributed by atoms with Crippen molar-refractivity contribution >= 4 is 23.1 Å². The van der Waals surface area contributed by atoms with Crippen molar-refractivity contribution in [3.8, 4) is 0 Å². The summed E-state index contributed by atoms with van der Waals surface area (Å²) in [7, 11) is 1.66. The van der Waals surface area contributed by atoms with E-state index in [1.54, 1.807) is 7.05 Å². The Morgan fingerprint density at radius 1 is 0.956 bits per heavy atom. The van der Waals surface area contributed by atoms with Crippen molar-refractivity contribution in [3.63, 3.8) is 0 Å². The summed E-state index contributed by atoms with van der Waals surface area (Å²) in [5.41, 5.74) is 9.21. The van der Waals surface area contributed by atoms with Crippen LogP contribution in [-0.2, 0) is 23.1 Å². The second-order valence-electron chi connectivity index (χ2n) is 13.1. The Morgan fingerprint density at radius 3 is 2.49 bits per heavy atom. The van der Waals surface area contributed by atoms with Crippen LogP contribution in [0.3, 0.4) is 0 Å². The van der Waals surface area contributed by atoms with Crippen LogP contribution in [0.2, 0.25) is 0 Å². The zero-order valence-electron chi connectivity index (χ0n) is 26.6. The summed E-state index contributed by atoms with van der Waals surface area (Å²) in [6.45, 7) is 7.85. The highest BCUT2D eigenvalue weighted by atomic mass is 16.4. The van der Waals surface area contributed by atoms with Crippen LogP contribution in [0.5, 0.6) is 0 Å². The van der Waals surface area contributed by atoms with Crippen molar-refractivity contribution in [2.75, 3.05) is 57.9 Å². The van der Waals surface area contributed by atoms with E-state index in [1.807, 2.05) is 24.3 Å². The molecule has 0 spiro atoms. The van der Waals surface area contributed by atoms with Crippen LogP contribution in [0.15, 0.2) is 48.5 Å². The summed E-state index contributed by atoms with van der Waals surface area (Å²) in [6, 6.07) is 17.0. The van der Waals surface area contributed by atoms with E-state index in [2.05, 4.69) is 47.6 Å². The van der Waals surface area contributed by atoms with E-state index in [-0.39, 0.29) is 37.5 Å². The number of hydrogen-bond donors (Lipinski definition) is 3. The summed E-state index contributed by atoms with van der Waals surface area (Å²) >= 11 is 0. The van der Waals surface area contributed by atoms with Gasteiger partial charge in [0.2, 0.25) is 5.36 Å². The average Bonchev–Trinajstić information content (AvgIpc) is 3.03. The molecule has 1 amide bonds. The molecule has 3 N–H and O–H groups in total. The van der Waals surface area contributed by atoms with Gasteiger partial charge in [-0.3, -0.25) is 9.59 Å². The topological polar surface area (TPSA) is 104 Å². The maximum Gasteiger partial charge on any atom is 0.305 e. The Labute approximate surface area is 264 Å². The molecular formula is C37H44N3O5+. The molecule has 0 fully saturated rings. The molecule has 0 unspecified atom stereocenters. The highest BCUT2D eigenvalue weighted by Gasteiger charge is 2.37. The predicted molar refractivity (Wildman–Crippen MR) is 176 cm³/mol. The van der Waals surface area contributed by atoms with E-state index in [9.17, 15) is 24.9 Å². The van der Waals surface area contributed by atoms with E-state index < -0.39 is 5.97 Å². The Kier molecular flexibility index (Phi) is 8.55. The highest BCUT2D eigenvalue weighted by molar-refractivity contribution is 6.02. The lowest BCUT2D eigenvalue weighted by molar-refractivity contribution is -0.137. The van der Waals surface area contributed by atoms with Crippen LogP contribution in [0.1, 0.15) is 76.8 Å². The fraction of sp³-hybridized carbons (Fsp3) is 0.432. The Hall–Kier alpha value is -4.01. The lowest BCUT2D eigenvalue weighted by Gasteiger charge is -2.39. The molecule has 3 aromatic carbocycles. The normalized spacial score (nSPS) is 16.4. The van der Waals surface area contributed by atoms with Gasteiger partial charge in [0.05, 0.1) is 13.0 Å². The lowest BCUT2D eigenvalue weighted by Crippen LogP contribution is -2.44. The van der Waals surface area contributed by atoms with E-state index in [4.69, 9.17) is 0 Å². The Balaban J connectivity index is 1.68. The maximum absolute atomic E-state index is 13.9. The molecule has 0 saturated carbocycles. The molecule has 236 valence electrons. The number of anilines is 1. The molecule has 8 heteroatoms. The summed E-state index contributed by atoms with van der Waals surface area (Å²) in [5, 5.41) is 31.2. The molecule has 0 bridgehead atoms. The zero-order valence-corrected chi connectivity index (χ0v) is 26.6. The quantitative estimate of drug-likeness (QED) is 0.322. The van der Waals surface area contributed by atoms with Gasteiger partial charge in [-0.05, 0) is 82.1 Å². The van der Waals surface area contributed by atoms with Gasteiger partial charge in [0.25, 0.3) is 5.91 Å². The number of nitrogens with zero attached hydrogens (tertiary/aromatic N) is 3. The number of aryl methyl sites for hydroxylation is 2. The first-order valence-electron chi connectivity index (χ1n) is 16.2. The second-order valence-corrected chi connectivity index (χ2v) is 13.1. The number of hydrogen-bond acceptors (Lipinski definition) is 5. The third-order valence-corrected chi connectivity index (χ3v) is 9.93. The summed E-state index contributed by atoms with van der Waals surface area (Å²) < 4.78 is 2.29. The number of carboxylic acids is 1. The number of benzene rings is 3. The number of aliphatic carboxylic acids is 1. The van der Waals surface area contributed by atoms with Crippen LogP contribution in [-0.4, -0.2) is 85.1 Å². The van der Waals surface area contributed by atoms with Gasteiger partial charge in [-0.15, -0.1) is 0 Å². The zero-order chi connectivity index (χ0) is 31.9. The van der Waals surface area contributed by atoms with Gasteiger partial charge >= 0.3 is 5.97 Å². The third kappa shape index (κ3) is 5.55. The molecule has 45 heavy (non-hydrogen) atoms. The number of carboxylic acid groups (broad SMARTS) is 1. The van der Waals surface area contributed by atoms with E-state index >= 15 is 0 Å². The molecule has 6 rings (SSSR count). The number of fused-ring (bicyclic) bond motifs is 4. The summed E-state index contributed by atoms with van der Waals surface area (Å²) in [4.78, 5) is 29.0. The van der Waals surface area contributed by atoms with Gasteiger partial charge in [-0.25, -0.2) is 4.58 Å². The predicted octanol–water partition coefficient (Wildman–Crippen LogP) is 2.29. The molecule has 2 aliphatic heterocycles. The third-order valence-electron chi connectivity index (χ3n) is 9.93. The van der Waals surface area contributed by atoms with Gasteiger partial charge in [0.15, 0.2) is 6.54 Å². The average molecular weight is 611 g/mol. The van der Waals surface area contributed by atoms with Crippen LogP contribution < -0.4 is 20.1 Å². The van der Waals surface area contributed by atoms with Gasteiger partial charge in [0.1, 0.15) is 13.2 Å². The van der Waals surface area contributed by atoms with E-state index in [1.165, 1.54) is 38.2 Å². The number of rotatable bonds is 9. The molecule has 0 saturated heterocycles. The monoisotopic (exact) mass is 610 g/mol. The summed E-state index contributed by atoms with van der Waals surface area (Å²) in [6.07, 6.45) is 3.80. The standard InChI is InChI=1S/C37H43N3O5/c1-37(2)30-22-32-24(8-6-13-39(32)16-18-41)20-28(30)35(26-10-4-5-11-27(26)36(45)38(3)15-12-34(43)44)29-21-25-9-7-14-40(17-19-42)33(25)23-31(29)37/h4-5,10-11,20-23,41-42H,6-9,12-19H2,1-3H3/p+1. The van der Waals surface area contributed by atoms with E-state index in [0.29, 0.717) is 18.7 Å². The largest absolute Gasteiger partial charge is 0.481 e. The number of amides is 1. The SMILES string of the molecule is CN(CCC(=O)O)C(=O)c1ccccc1C1=c2cc3c(cc2C(C)(C)c2cc4c(cc21)CCCN4CCO)=[N+](CCO)CCC3. The van der Waals surface area contributed by atoms with Gasteiger partial charge in [-0.2, -0.15) is 0 Å². The maximum atomic E-state index is 13.9. The van der Waals surface area contributed by atoms with Gasteiger partial charge in [0, 0.05) is 61.4 Å². The first kappa shape index (κ1) is 31.0. The Bertz CT molecular complexity index is 1790. The van der Waals surface area contributed by atoms with Crippen LogP contribution in [0, 0.1) is 0 Å². The summed E-state index contributed by atoms with van der Waals surface area (Å²) in [5.74, 6) is -1.14. The molecule has 0 aromatic heterocycles. The van der Waals surface area contributed by atoms with E-state index in [0.717, 1.165) is 60.7 Å². The fourth-order valence-electron chi connectivity index (χ4n) is 7.61. The minimum absolute atomic E-state index is 0.0951. The fourth-order valence-corrected chi connectivity index (χ4v) is 7.61. The van der Waals surface area contributed by atoms with Crippen molar-refractivity contribution < 1.29 is 24.9 Å². The molecule has 8 nitrogen and oxygen atoms in total. The molecule has 0 radical (unpaired) electrons. The minimum Gasteiger partial charge on any atom is -0.481 e. The molecule has 0 atom stereocenters. The second kappa shape index (κ2) is 12.4. The van der Waals surface area contributed by atoms with Crippen LogP contribution in [0.4, 0.5) is 5.69 Å². The molecular weight excluding hydrogens is 566 g/mol. The van der Waals surface area contributed by atoms with Gasteiger partial charge < -0.3 is 25.1 Å². The number of carbonyl (C=O) groups is 2. The highest BCUT2D eigenvalue weighted by Crippen LogP contribution is 2.44. The molecule has 3 aromatic rings. The first-order valence-corrected chi connectivity index (χ1v) is 16.2. The van der Waals surface area contributed by atoms with Crippen molar-refractivity contribution in [2.45, 2.75) is 51.4 Å². The van der Waals surface area contributed by atoms with Crippen molar-refractivity contribution in [3.05, 3.63) is 98.1 Å². The van der Waals surface area contributed by atoms with Crippen molar-refractivity contribution in [2.24, 2.45) is 0 Å². The molecule has 2 heterocycles. The smallest absolute Gasteiger partial charge is 0.305 e. The number of carbonyl (C=O) groups excluding carboxylic acids is 1.